The molecule has 0 saturated heterocycles. The van der Waals surface area contributed by atoms with E-state index in [1.165, 1.54) is 35.5 Å². The van der Waals surface area contributed by atoms with Gasteiger partial charge in [0, 0.05) is 16.7 Å². The lowest BCUT2D eigenvalue weighted by Crippen LogP contribution is -2.15. The number of imidazole rings is 1. The lowest BCUT2D eigenvalue weighted by molar-refractivity contribution is 0.653. The van der Waals surface area contributed by atoms with Gasteiger partial charge in [-0.3, -0.25) is 0 Å². The summed E-state index contributed by atoms with van der Waals surface area (Å²) in [6.45, 7) is 4.00. The van der Waals surface area contributed by atoms with Crippen molar-refractivity contribution in [3.63, 3.8) is 0 Å². The molecule has 1 aliphatic carbocycles. The van der Waals surface area contributed by atoms with Gasteiger partial charge in [-0.1, -0.05) is 22.9 Å². The Labute approximate surface area is 128 Å². The summed E-state index contributed by atoms with van der Waals surface area (Å²) in [5.41, 5.74) is 5.25. The third-order valence-corrected chi connectivity index (χ3v) is 4.39. The second-order valence-corrected chi connectivity index (χ2v) is 6.18. The molecule has 0 fully saturated rings. The zero-order valence-electron chi connectivity index (χ0n) is 11.8. The van der Waals surface area contributed by atoms with Crippen molar-refractivity contribution in [3.8, 4) is 5.69 Å². The average molecular weight is 334 g/mol. The molecular weight excluding hydrogens is 314 g/mol. The van der Waals surface area contributed by atoms with E-state index in [2.05, 4.69) is 55.9 Å². The molecule has 2 aromatic rings. The molecule has 0 saturated carbocycles. The van der Waals surface area contributed by atoms with Gasteiger partial charge in [-0.2, -0.15) is 0 Å². The van der Waals surface area contributed by atoms with Gasteiger partial charge in [-0.05, 0) is 56.0 Å². The summed E-state index contributed by atoms with van der Waals surface area (Å²) < 4.78 is 3.41. The van der Waals surface area contributed by atoms with Crippen LogP contribution in [0.5, 0.6) is 0 Å². The molecule has 0 spiro atoms. The standard InChI is InChI=1S/C16H20BrN3/c1-2-18-10-12-9-13(17)7-8-15(12)20-11-19-14-5-3-4-6-16(14)20/h7-9,11,18H,2-6,10H2,1H3. The topological polar surface area (TPSA) is 29.9 Å². The molecule has 3 rings (SSSR count). The maximum Gasteiger partial charge on any atom is 0.0997 e. The molecule has 0 aliphatic heterocycles. The van der Waals surface area contributed by atoms with Gasteiger partial charge < -0.3 is 9.88 Å². The van der Waals surface area contributed by atoms with Crippen LogP contribution < -0.4 is 5.32 Å². The van der Waals surface area contributed by atoms with E-state index in [9.17, 15) is 0 Å². The number of fused-ring (bicyclic) bond motifs is 1. The van der Waals surface area contributed by atoms with Crippen molar-refractivity contribution in [3.05, 3.63) is 46.0 Å². The minimum atomic E-state index is 0.887. The lowest BCUT2D eigenvalue weighted by Gasteiger charge is -2.17. The van der Waals surface area contributed by atoms with Crippen LogP contribution in [0.1, 0.15) is 36.7 Å². The Morgan fingerprint density at radius 3 is 3.00 bits per heavy atom. The third-order valence-electron chi connectivity index (χ3n) is 3.90. The Bertz CT molecular complexity index is 604. The van der Waals surface area contributed by atoms with Crippen LogP contribution in [-0.2, 0) is 19.4 Å². The van der Waals surface area contributed by atoms with E-state index in [4.69, 9.17) is 0 Å². The van der Waals surface area contributed by atoms with Crippen molar-refractivity contribution < 1.29 is 0 Å². The molecule has 1 aromatic carbocycles. The molecule has 0 amide bonds. The number of hydrogen-bond donors (Lipinski definition) is 1. The molecule has 106 valence electrons. The minimum absolute atomic E-state index is 0.887. The minimum Gasteiger partial charge on any atom is -0.313 e. The zero-order valence-corrected chi connectivity index (χ0v) is 13.4. The highest BCUT2D eigenvalue weighted by molar-refractivity contribution is 9.10. The molecule has 3 nitrogen and oxygen atoms in total. The van der Waals surface area contributed by atoms with E-state index in [0.29, 0.717) is 0 Å². The number of nitrogens with one attached hydrogen (secondary N) is 1. The van der Waals surface area contributed by atoms with Crippen molar-refractivity contribution in [1.29, 1.82) is 0 Å². The van der Waals surface area contributed by atoms with E-state index < -0.39 is 0 Å². The van der Waals surface area contributed by atoms with E-state index in [0.717, 1.165) is 30.4 Å². The maximum atomic E-state index is 4.61. The van der Waals surface area contributed by atoms with Gasteiger partial charge in [0.1, 0.15) is 0 Å². The summed E-state index contributed by atoms with van der Waals surface area (Å²) in [6, 6.07) is 6.50. The SMILES string of the molecule is CCNCc1cc(Br)ccc1-n1cnc2c1CCCC2. The summed E-state index contributed by atoms with van der Waals surface area (Å²) in [5, 5.41) is 3.42. The first kappa shape index (κ1) is 13.8. The first-order chi connectivity index (χ1) is 9.79. The second kappa shape index (κ2) is 6.10. The fourth-order valence-corrected chi connectivity index (χ4v) is 3.28. The molecule has 1 heterocycles. The molecule has 4 heteroatoms. The van der Waals surface area contributed by atoms with Gasteiger partial charge in [-0.15, -0.1) is 0 Å². The predicted molar refractivity (Wildman–Crippen MR) is 85.3 cm³/mol. The fraction of sp³-hybridized carbons (Fsp3) is 0.438. The molecule has 0 radical (unpaired) electrons. The number of aryl methyl sites for hydroxylation is 1. The Morgan fingerprint density at radius 2 is 2.15 bits per heavy atom. The number of aromatic nitrogens is 2. The van der Waals surface area contributed by atoms with Crippen molar-refractivity contribution in [2.24, 2.45) is 0 Å². The van der Waals surface area contributed by atoms with Gasteiger partial charge in [-0.25, -0.2) is 4.98 Å². The first-order valence-corrected chi connectivity index (χ1v) is 8.13. The van der Waals surface area contributed by atoms with E-state index in [1.807, 2.05) is 6.33 Å². The molecule has 0 bridgehead atoms. The normalized spacial score (nSPS) is 14.3. The van der Waals surface area contributed by atoms with Crippen LogP contribution in [-0.4, -0.2) is 16.1 Å². The zero-order chi connectivity index (χ0) is 13.9. The van der Waals surface area contributed by atoms with Gasteiger partial charge in [0.15, 0.2) is 0 Å². The molecule has 0 atom stereocenters. The molecule has 1 aromatic heterocycles. The van der Waals surface area contributed by atoms with Gasteiger partial charge >= 0.3 is 0 Å². The van der Waals surface area contributed by atoms with Crippen LogP contribution >= 0.6 is 15.9 Å². The number of hydrogen-bond acceptors (Lipinski definition) is 2. The van der Waals surface area contributed by atoms with Crippen LogP contribution in [0, 0.1) is 0 Å². The molecule has 20 heavy (non-hydrogen) atoms. The van der Waals surface area contributed by atoms with Crippen LogP contribution in [0.3, 0.4) is 0 Å². The third kappa shape index (κ3) is 2.67. The van der Waals surface area contributed by atoms with Gasteiger partial charge in [0.25, 0.3) is 0 Å². The van der Waals surface area contributed by atoms with Gasteiger partial charge in [0.05, 0.1) is 17.7 Å². The van der Waals surface area contributed by atoms with Crippen molar-refractivity contribution >= 4 is 15.9 Å². The maximum absolute atomic E-state index is 4.61. The van der Waals surface area contributed by atoms with Crippen molar-refractivity contribution in [2.45, 2.75) is 39.2 Å². The Kier molecular flexibility index (Phi) is 4.22. The quantitative estimate of drug-likeness (QED) is 0.925. The Balaban J connectivity index is 2.02. The summed E-state index contributed by atoms with van der Waals surface area (Å²) in [6.07, 6.45) is 6.81. The van der Waals surface area contributed by atoms with Crippen molar-refractivity contribution in [1.82, 2.24) is 14.9 Å². The van der Waals surface area contributed by atoms with Crippen LogP contribution in [0.15, 0.2) is 29.0 Å². The second-order valence-electron chi connectivity index (χ2n) is 5.27. The average Bonchev–Trinajstić information content (AvgIpc) is 2.89. The van der Waals surface area contributed by atoms with E-state index in [1.54, 1.807) is 0 Å². The fourth-order valence-electron chi connectivity index (χ4n) is 2.87. The van der Waals surface area contributed by atoms with Crippen molar-refractivity contribution in [2.75, 3.05) is 6.54 Å². The summed E-state index contributed by atoms with van der Waals surface area (Å²) >= 11 is 3.57. The van der Waals surface area contributed by atoms with E-state index >= 15 is 0 Å². The predicted octanol–water partition coefficient (Wildman–Crippen LogP) is 3.62. The molecule has 1 N–H and O–H groups in total. The van der Waals surface area contributed by atoms with Crippen LogP contribution in [0.4, 0.5) is 0 Å². The highest BCUT2D eigenvalue weighted by Gasteiger charge is 2.17. The van der Waals surface area contributed by atoms with Crippen LogP contribution in [0.2, 0.25) is 0 Å². The highest BCUT2D eigenvalue weighted by atomic mass is 79.9. The lowest BCUT2D eigenvalue weighted by atomic mass is 10.0. The Morgan fingerprint density at radius 1 is 1.30 bits per heavy atom. The molecular formula is C16H20BrN3. The van der Waals surface area contributed by atoms with Gasteiger partial charge in [0.2, 0.25) is 0 Å². The molecule has 0 unspecified atom stereocenters. The largest absolute Gasteiger partial charge is 0.313 e. The number of benzene rings is 1. The summed E-state index contributed by atoms with van der Waals surface area (Å²) in [4.78, 5) is 4.61. The number of halogens is 1. The summed E-state index contributed by atoms with van der Waals surface area (Å²) in [5.74, 6) is 0. The monoisotopic (exact) mass is 333 g/mol. The highest BCUT2D eigenvalue weighted by Crippen LogP contribution is 2.26. The number of nitrogens with zero attached hydrogens (tertiary/aromatic N) is 2. The Hall–Kier alpha value is -1.13. The smallest absolute Gasteiger partial charge is 0.0997 e. The summed E-state index contributed by atoms with van der Waals surface area (Å²) in [7, 11) is 0. The van der Waals surface area contributed by atoms with Crippen LogP contribution in [0.25, 0.3) is 5.69 Å². The first-order valence-electron chi connectivity index (χ1n) is 7.34. The number of rotatable bonds is 4. The van der Waals surface area contributed by atoms with E-state index in [-0.39, 0.29) is 0 Å². The molecule has 1 aliphatic rings.